The van der Waals surface area contributed by atoms with Gasteiger partial charge in [-0.25, -0.2) is 14.6 Å². The maximum atomic E-state index is 12.7. The Morgan fingerprint density at radius 3 is 2.56 bits per heavy atom. The molecule has 3 N–H and O–H groups in total. The zero-order valence-corrected chi connectivity index (χ0v) is 19.1. The maximum Gasteiger partial charge on any atom is 0.254 e. The first kappa shape index (κ1) is 22.3. The molecule has 0 spiro atoms. The van der Waals surface area contributed by atoms with E-state index in [9.17, 15) is 9.90 Å². The Balaban J connectivity index is 1.49. The molecule has 1 unspecified atom stereocenters. The van der Waals surface area contributed by atoms with E-state index >= 15 is 0 Å². The molecule has 0 aliphatic rings. The zero-order chi connectivity index (χ0) is 23.0. The van der Waals surface area contributed by atoms with E-state index in [4.69, 9.17) is 39.5 Å². The van der Waals surface area contributed by atoms with Crippen molar-refractivity contribution in [1.82, 2.24) is 30.0 Å². The van der Waals surface area contributed by atoms with Crippen LogP contribution in [0.1, 0.15) is 28.1 Å². The number of nitrogens with zero attached hydrogens (tertiary/aromatic N) is 4. The van der Waals surface area contributed by atoms with Crippen molar-refractivity contribution in [2.75, 3.05) is 13.7 Å². The van der Waals surface area contributed by atoms with Crippen LogP contribution < -0.4 is 10.1 Å². The number of aromatic nitrogens is 5. The van der Waals surface area contributed by atoms with Crippen molar-refractivity contribution in [2.24, 2.45) is 0 Å². The lowest BCUT2D eigenvalue weighted by molar-refractivity contribution is 0.0912. The Morgan fingerprint density at radius 2 is 1.94 bits per heavy atom. The third kappa shape index (κ3) is 4.37. The summed E-state index contributed by atoms with van der Waals surface area (Å²) < 4.78 is 6.67. The highest BCUT2D eigenvalue weighted by molar-refractivity contribution is 6.40. The second-order valence-electron chi connectivity index (χ2n) is 6.87. The van der Waals surface area contributed by atoms with E-state index in [0.717, 1.165) is 0 Å². The number of aliphatic hydroxyl groups is 1. The highest BCUT2D eigenvalue weighted by Gasteiger charge is 2.20. The molecule has 2 aromatic heterocycles. The number of amides is 1. The number of benzene rings is 2. The molecule has 0 fully saturated rings. The third-order valence-electron chi connectivity index (χ3n) is 4.67. The van der Waals surface area contributed by atoms with Crippen molar-refractivity contribution in [3.8, 4) is 11.4 Å². The van der Waals surface area contributed by atoms with E-state index in [2.05, 4.69) is 25.4 Å². The number of methoxy groups -OCH3 is 1. The first-order valence-electron chi connectivity index (χ1n) is 9.34. The lowest BCUT2D eigenvalue weighted by atomic mass is 10.2. The summed E-state index contributed by atoms with van der Waals surface area (Å²) >= 11 is 18.7. The fraction of sp³-hybridized carbons (Fsp3) is 0.200. The third-order valence-corrected chi connectivity index (χ3v) is 5.56. The van der Waals surface area contributed by atoms with E-state index in [-0.39, 0.29) is 28.0 Å². The number of aromatic amines is 1. The predicted octanol–water partition coefficient (Wildman–Crippen LogP) is 3.88. The van der Waals surface area contributed by atoms with Crippen LogP contribution in [0, 0.1) is 6.92 Å². The summed E-state index contributed by atoms with van der Waals surface area (Å²) in [6, 6.07) is 6.42. The molecule has 166 valence electrons. The minimum atomic E-state index is -1.11. The number of carbonyl (C=O) groups is 1. The molecule has 1 atom stereocenters. The molecule has 1 amide bonds. The molecule has 9 nitrogen and oxygen atoms in total. The van der Waals surface area contributed by atoms with Crippen LogP contribution in [0.4, 0.5) is 0 Å². The summed E-state index contributed by atoms with van der Waals surface area (Å²) in [7, 11) is 1.50. The Labute approximate surface area is 197 Å². The van der Waals surface area contributed by atoms with Crippen molar-refractivity contribution in [3.05, 3.63) is 62.9 Å². The van der Waals surface area contributed by atoms with Gasteiger partial charge in [0, 0.05) is 6.07 Å². The van der Waals surface area contributed by atoms with E-state index < -0.39 is 12.0 Å². The lowest BCUT2D eigenvalue weighted by Gasteiger charge is -2.12. The van der Waals surface area contributed by atoms with Crippen LogP contribution in [0.15, 0.2) is 30.6 Å². The van der Waals surface area contributed by atoms with Crippen LogP contribution >= 0.6 is 34.8 Å². The summed E-state index contributed by atoms with van der Waals surface area (Å²) in [5, 5.41) is 18.0. The number of ether oxygens (including phenoxy) is 1. The van der Waals surface area contributed by atoms with Crippen LogP contribution in [0.25, 0.3) is 16.7 Å². The minimum absolute atomic E-state index is 0.0854. The normalized spacial score (nSPS) is 12.2. The van der Waals surface area contributed by atoms with Gasteiger partial charge in [-0.2, -0.15) is 5.10 Å². The molecule has 2 heterocycles. The minimum Gasteiger partial charge on any atom is -0.495 e. The van der Waals surface area contributed by atoms with Gasteiger partial charge >= 0.3 is 0 Å². The van der Waals surface area contributed by atoms with Gasteiger partial charge < -0.3 is 20.1 Å². The molecule has 12 heteroatoms. The predicted molar refractivity (Wildman–Crippen MR) is 121 cm³/mol. The van der Waals surface area contributed by atoms with Crippen LogP contribution in [-0.4, -0.2) is 49.4 Å². The summed E-state index contributed by atoms with van der Waals surface area (Å²) in [6.07, 6.45) is 0.412. The van der Waals surface area contributed by atoms with Crippen molar-refractivity contribution >= 4 is 51.7 Å². The van der Waals surface area contributed by atoms with Crippen molar-refractivity contribution in [3.63, 3.8) is 0 Å². The molecule has 4 rings (SSSR count). The number of hydrogen-bond acceptors (Lipinski definition) is 6. The molecule has 0 saturated heterocycles. The number of nitrogens with one attached hydrogen (secondary N) is 2. The first-order chi connectivity index (χ1) is 15.3. The number of rotatable bonds is 6. The van der Waals surface area contributed by atoms with Crippen molar-refractivity contribution in [2.45, 2.75) is 13.0 Å². The number of aliphatic hydroxyl groups excluding tert-OH is 1. The number of H-pyrrole nitrogens is 1. The van der Waals surface area contributed by atoms with Gasteiger partial charge in [0.1, 0.15) is 29.8 Å². The number of halogens is 3. The summed E-state index contributed by atoms with van der Waals surface area (Å²) in [5.41, 5.74) is 1.84. The second-order valence-corrected chi connectivity index (χ2v) is 8.09. The van der Waals surface area contributed by atoms with Gasteiger partial charge in [-0.05, 0) is 25.1 Å². The quantitative estimate of drug-likeness (QED) is 0.373. The molecule has 0 aliphatic heterocycles. The Hall–Kier alpha value is -2.85. The largest absolute Gasteiger partial charge is 0.495 e. The van der Waals surface area contributed by atoms with Crippen LogP contribution in [0.3, 0.4) is 0 Å². The van der Waals surface area contributed by atoms with Crippen LogP contribution in [0.5, 0.6) is 5.75 Å². The Kier molecular flexibility index (Phi) is 6.25. The van der Waals surface area contributed by atoms with Gasteiger partial charge in [0.2, 0.25) is 0 Å². The van der Waals surface area contributed by atoms with Gasteiger partial charge in [0.05, 0.1) is 51.0 Å². The van der Waals surface area contributed by atoms with Gasteiger partial charge in [-0.3, -0.25) is 4.79 Å². The van der Waals surface area contributed by atoms with Gasteiger partial charge in [-0.1, -0.05) is 34.8 Å². The SMILES string of the molecule is COc1cc2nc(C(O)CNC(=O)c3c(Cl)cc(-n4cnc(C)n4)cc3Cl)[nH]c2cc1Cl. The van der Waals surface area contributed by atoms with E-state index in [1.807, 2.05) is 0 Å². The number of fused-ring (bicyclic) bond motifs is 1. The van der Waals surface area contributed by atoms with Crippen molar-refractivity contribution < 1.29 is 14.6 Å². The number of imidazole rings is 1. The molecular weight excluding hydrogens is 479 g/mol. The fourth-order valence-corrected chi connectivity index (χ4v) is 3.99. The maximum absolute atomic E-state index is 12.7. The second kappa shape index (κ2) is 8.95. The van der Waals surface area contributed by atoms with Gasteiger partial charge in [0.25, 0.3) is 5.91 Å². The smallest absolute Gasteiger partial charge is 0.254 e. The summed E-state index contributed by atoms with van der Waals surface area (Å²) in [4.78, 5) is 24.1. The zero-order valence-electron chi connectivity index (χ0n) is 16.9. The molecular formula is C20H17Cl3N6O3. The number of carbonyl (C=O) groups excluding carboxylic acids is 1. The van der Waals surface area contributed by atoms with E-state index in [1.54, 1.807) is 31.2 Å². The molecule has 0 radical (unpaired) electrons. The fourth-order valence-electron chi connectivity index (χ4n) is 3.10. The monoisotopic (exact) mass is 494 g/mol. The molecule has 32 heavy (non-hydrogen) atoms. The van der Waals surface area contributed by atoms with Crippen LogP contribution in [-0.2, 0) is 0 Å². The number of hydrogen-bond donors (Lipinski definition) is 3. The highest BCUT2D eigenvalue weighted by atomic mass is 35.5. The molecule has 4 aromatic rings. The standard InChI is InChI=1S/C20H17Cl3N6O3/c1-9-25-8-29(28-9)10-3-12(22)18(13(23)4-10)20(31)24-7-16(30)19-26-14-5-11(21)17(32-2)6-15(14)27-19/h3-6,8,16,30H,7H2,1-2H3,(H,24,31)(H,26,27). The van der Waals surface area contributed by atoms with Gasteiger partial charge in [-0.15, -0.1) is 0 Å². The van der Waals surface area contributed by atoms with E-state index in [0.29, 0.717) is 33.3 Å². The Morgan fingerprint density at radius 1 is 1.22 bits per heavy atom. The highest BCUT2D eigenvalue weighted by Crippen LogP contribution is 2.30. The molecule has 0 bridgehead atoms. The van der Waals surface area contributed by atoms with E-state index in [1.165, 1.54) is 18.1 Å². The number of aryl methyl sites for hydroxylation is 1. The van der Waals surface area contributed by atoms with Crippen LogP contribution in [0.2, 0.25) is 15.1 Å². The van der Waals surface area contributed by atoms with Crippen molar-refractivity contribution in [1.29, 1.82) is 0 Å². The molecule has 0 saturated carbocycles. The topological polar surface area (TPSA) is 118 Å². The molecule has 2 aromatic carbocycles. The average Bonchev–Trinajstić information content (AvgIpc) is 3.36. The Bertz CT molecular complexity index is 1300. The lowest BCUT2D eigenvalue weighted by Crippen LogP contribution is -2.29. The average molecular weight is 496 g/mol. The molecule has 0 aliphatic carbocycles. The summed E-state index contributed by atoms with van der Waals surface area (Å²) in [5.74, 6) is 0.771. The van der Waals surface area contributed by atoms with Gasteiger partial charge in [0.15, 0.2) is 0 Å². The summed E-state index contributed by atoms with van der Waals surface area (Å²) in [6.45, 7) is 1.63. The first-order valence-corrected chi connectivity index (χ1v) is 10.5.